The van der Waals surface area contributed by atoms with Gasteiger partial charge in [0.2, 0.25) is 0 Å². The van der Waals surface area contributed by atoms with Crippen LogP contribution in [0.3, 0.4) is 0 Å². The Kier molecular flexibility index (Phi) is 4.78. The van der Waals surface area contributed by atoms with Gasteiger partial charge in [-0.3, -0.25) is 0 Å². The second-order valence-corrected chi connectivity index (χ2v) is 7.56. The average Bonchev–Trinajstić information content (AvgIpc) is 3.11. The fourth-order valence-electron chi connectivity index (χ4n) is 3.83. The van der Waals surface area contributed by atoms with Crippen LogP contribution in [0.4, 0.5) is 11.5 Å². The molecule has 1 N–H and O–H groups in total. The molecule has 0 atom stereocenters. The van der Waals surface area contributed by atoms with E-state index in [4.69, 9.17) is 4.74 Å². The largest absolute Gasteiger partial charge is 0.465 e. The predicted octanol–water partition coefficient (Wildman–Crippen LogP) is 5.02. The first-order valence-corrected chi connectivity index (χ1v) is 10.2. The molecular weight excluding hydrogens is 402 g/mol. The Balaban J connectivity index is 1.54. The third-order valence-corrected chi connectivity index (χ3v) is 5.63. The summed E-state index contributed by atoms with van der Waals surface area (Å²) in [5.41, 5.74) is 5.01. The van der Waals surface area contributed by atoms with Gasteiger partial charge < -0.3 is 14.6 Å². The van der Waals surface area contributed by atoms with Gasteiger partial charge in [-0.1, -0.05) is 36.4 Å². The summed E-state index contributed by atoms with van der Waals surface area (Å²) in [6.45, 7) is 1.99. The number of ether oxygens (including phenoxy) is 1. The van der Waals surface area contributed by atoms with Crippen molar-refractivity contribution >= 4 is 39.3 Å². The minimum atomic E-state index is -0.368. The molecule has 0 fully saturated rings. The number of aromatic nitrogens is 4. The molecule has 0 aliphatic rings. The summed E-state index contributed by atoms with van der Waals surface area (Å²) >= 11 is 0. The Labute approximate surface area is 184 Å². The number of carbonyl (C=O) groups excluding carboxylic acids is 1. The molecule has 0 radical (unpaired) electrons. The smallest absolute Gasteiger partial charge is 0.337 e. The number of aryl methyl sites for hydroxylation is 2. The van der Waals surface area contributed by atoms with Crippen LogP contribution in [0.15, 0.2) is 66.7 Å². The Morgan fingerprint density at radius 2 is 1.72 bits per heavy atom. The third kappa shape index (κ3) is 3.33. The van der Waals surface area contributed by atoms with E-state index in [2.05, 4.69) is 25.1 Å². The normalized spacial score (nSPS) is 11.1. The second-order valence-electron chi connectivity index (χ2n) is 7.56. The lowest BCUT2D eigenvalue weighted by Crippen LogP contribution is -2.01. The van der Waals surface area contributed by atoms with Crippen LogP contribution in [-0.2, 0) is 11.8 Å². The van der Waals surface area contributed by atoms with Crippen LogP contribution in [0.1, 0.15) is 16.2 Å². The highest BCUT2D eigenvalue weighted by Gasteiger charge is 2.13. The highest BCUT2D eigenvalue weighted by Crippen LogP contribution is 2.31. The molecule has 7 nitrogen and oxygen atoms in total. The zero-order chi connectivity index (χ0) is 22.2. The van der Waals surface area contributed by atoms with Crippen molar-refractivity contribution in [1.82, 2.24) is 19.7 Å². The van der Waals surface area contributed by atoms with Crippen LogP contribution in [0.5, 0.6) is 0 Å². The van der Waals surface area contributed by atoms with Gasteiger partial charge in [0.05, 0.1) is 23.7 Å². The molecule has 0 aliphatic heterocycles. The molecule has 0 amide bonds. The number of fused-ring (bicyclic) bond motifs is 2. The lowest BCUT2D eigenvalue weighted by Gasteiger charge is -2.11. The molecule has 0 saturated carbocycles. The Hall–Kier alpha value is -4.26. The maximum absolute atomic E-state index is 11.7. The van der Waals surface area contributed by atoms with Gasteiger partial charge in [-0.25, -0.2) is 9.78 Å². The zero-order valence-electron chi connectivity index (χ0n) is 18.0. The molecule has 7 heteroatoms. The number of nitrogens with one attached hydrogen (secondary N) is 1. The summed E-state index contributed by atoms with van der Waals surface area (Å²) in [4.78, 5) is 16.3. The van der Waals surface area contributed by atoms with Crippen molar-refractivity contribution in [3.63, 3.8) is 0 Å². The van der Waals surface area contributed by atoms with Gasteiger partial charge in [-0.15, -0.1) is 10.2 Å². The minimum absolute atomic E-state index is 0.368. The molecule has 5 rings (SSSR count). The standard InChI is InChI=1S/C25H21N5O2/c1-15-26-21-14-18(12-13-22(21)30(15)2)27-24-20-7-5-4-6-19(20)23(28-29-24)16-8-10-17(11-9-16)25(31)32-3/h4-14H,1-3H3,(H,27,29). The monoisotopic (exact) mass is 423 g/mol. The molecule has 158 valence electrons. The maximum Gasteiger partial charge on any atom is 0.337 e. The van der Waals surface area contributed by atoms with Gasteiger partial charge in [-0.05, 0) is 37.3 Å². The summed E-state index contributed by atoms with van der Waals surface area (Å²) in [5.74, 6) is 1.26. The topological polar surface area (TPSA) is 81.9 Å². The van der Waals surface area contributed by atoms with E-state index in [1.54, 1.807) is 12.1 Å². The van der Waals surface area contributed by atoms with Gasteiger partial charge in [0.1, 0.15) is 11.5 Å². The number of methoxy groups -OCH3 is 1. The van der Waals surface area contributed by atoms with Crippen molar-refractivity contribution in [2.45, 2.75) is 6.92 Å². The first kappa shape index (κ1) is 19.7. The highest BCUT2D eigenvalue weighted by molar-refractivity contribution is 6.01. The molecule has 0 spiro atoms. The van der Waals surface area contributed by atoms with E-state index in [9.17, 15) is 4.79 Å². The molecule has 2 aromatic heterocycles. The molecular formula is C25H21N5O2. The number of hydrogen-bond donors (Lipinski definition) is 1. The lowest BCUT2D eigenvalue weighted by atomic mass is 10.0. The summed E-state index contributed by atoms with van der Waals surface area (Å²) in [6.07, 6.45) is 0. The zero-order valence-corrected chi connectivity index (χ0v) is 18.0. The first-order chi connectivity index (χ1) is 15.5. The van der Waals surface area contributed by atoms with Crippen LogP contribution in [-0.4, -0.2) is 32.8 Å². The summed E-state index contributed by atoms with van der Waals surface area (Å²) in [6, 6.07) is 21.2. The predicted molar refractivity (Wildman–Crippen MR) is 125 cm³/mol. The summed E-state index contributed by atoms with van der Waals surface area (Å²) < 4.78 is 6.84. The number of hydrogen-bond acceptors (Lipinski definition) is 6. The average molecular weight is 423 g/mol. The Morgan fingerprint density at radius 1 is 0.969 bits per heavy atom. The SMILES string of the molecule is COC(=O)c1ccc(-c2nnc(Nc3ccc4c(c3)nc(C)n4C)c3ccccc23)cc1. The number of imidazole rings is 1. The number of anilines is 2. The van der Waals surface area contributed by atoms with Crippen molar-refractivity contribution < 1.29 is 9.53 Å². The number of benzene rings is 3. The van der Waals surface area contributed by atoms with Crippen LogP contribution in [0.25, 0.3) is 33.1 Å². The van der Waals surface area contributed by atoms with Crippen molar-refractivity contribution in [2.24, 2.45) is 7.05 Å². The van der Waals surface area contributed by atoms with E-state index in [0.717, 1.165) is 44.6 Å². The van der Waals surface area contributed by atoms with E-state index >= 15 is 0 Å². The molecule has 0 aliphatic carbocycles. The van der Waals surface area contributed by atoms with E-state index in [0.29, 0.717) is 11.4 Å². The van der Waals surface area contributed by atoms with Crippen LogP contribution < -0.4 is 5.32 Å². The molecule has 0 saturated heterocycles. The number of carbonyl (C=O) groups is 1. The Bertz CT molecular complexity index is 1470. The van der Waals surface area contributed by atoms with E-state index in [1.165, 1.54) is 7.11 Å². The second kappa shape index (κ2) is 7.77. The molecule has 3 aromatic carbocycles. The Morgan fingerprint density at radius 3 is 2.47 bits per heavy atom. The number of nitrogens with zero attached hydrogens (tertiary/aromatic N) is 4. The first-order valence-electron chi connectivity index (χ1n) is 10.2. The minimum Gasteiger partial charge on any atom is -0.465 e. The number of esters is 1. The van der Waals surface area contributed by atoms with Crippen molar-refractivity contribution in [2.75, 3.05) is 12.4 Å². The highest BCUT2D eigenvalue weighted by atomic mass is 16.5. The fourth-order valence-corrected chi connectivity index (χ4v) is 3.83. The summed E-state index contributed by atoms with van der Waals surface area (Å²) in [7, 11) is 3.38. The van der Waals surface area contributed by atoms with Crippen molar-refractivity contribution in [3.8, 4) is 11.3 Å². The van der Waals surface area contributed by atoms with Gasteiger partial charge in [0, 0.05) is 29.1 Å². The lowest BCUT2D eigenvalue weighted by molar-refractivity contribution is 0.0601. The van der Waals surface area contributed by atoms with E-state index in [1.807, 2.05) is 68.6 Å². The molecule has 5 aromatic rings. The van der Waals surface area contributed by atoms with Gasteiger partial charge >= 0.3 is 5.97 Å². The molecule has 32 heavy (non-hydrogen) atoms. The maximum atomic E-state index is 11.7. The number of rotatable bonds is 4. The molecule has 0 unspecified atom stereocenters. The van der Waals surface area contributed by atoms with E-state index in [-0.39, 0.29) is 5.97 Å². The van der Waals surface area contributed by atoms with Gasteiger partial charge in [0.15, 0.2) is 5.82 Å². The third-order valence-electron chi connectivity index (χ3n) is 5.63. The summed E-state index contributed by atoms with van der Waals surface area (Å²) in [5, 5.41) is 14.3. The van der Waals surface area contributed by atoms with Gasteiger partial charge in [0.25, 0.3) is 0 Å². The molecule has 2 heterocycles. The fraction of sp³-hybridized carbons (Fsp3) is 0.120. The van der Waals surface area contributed by atoms with Crippen molar-refractivity contribution in [1.29, 1.82) is 0 Å². The van der Waals surface area contributed by atoms with E-state index < -0.39 is 0 Å². The molecule has 0 bridgehead atoms. The quantitative estimate of drug-likeness (QED) is 0.409. The van der Waals surface area contributed by atoms with Crippen LogP contribution >= 0.6 is 0 Å². The van der Waals surface area contributed by atoms with Crippen molar-refractivity contribution in [3.05, 3.63) is 78.1 Å². The van der Waals surface area contributed by atoms with Gasteiger partial charge in [-0.2, -0.15) is 0 Å². The van der Waals surface area contributed by atoms with Crippen LogP contribution in [0, 0.1) is 6.92 Å². The van der Waals surface area contributed by atoms with Crippen LogP contribution in [0.2, 0.25) is 0 Å².